The van der Waals surface area contributed by atoms with Crippen molar-refractivity contribution in [3.05, 3.63) is 415 Å². The molecule has 0 fully saturated rings. The van der Waals surface area contributed by atoms with Crippen molar-refractivity contribution < 1.29 is 0 Å². The van der Waals surface area contributed by atoms with Crippen LogP contribution in [-0.4, -0.2) is 0 Å². The van der Waals surface area contributed by atoms with Crippen molar-refractivity contribution >= 4 is 0 Å². The minimum Gasteiger partial charge on any atom is -0.0619 e. The van der Waals surface area contributed by atoms with Crippen LogP contribution in [0.5, 0.6) is 0 Å². The highest BCUT2D eigenvalue weighted by Gasteiger charge is 2.32. The van der Waals surface area contributed by atoms with E-state index in [1.807, 2.05) is 0 Å². The van der Waals surface area contributed by atoms with Crippen molar-refractivity contribution in [3.8, 4) is 111 Å². The molecule has 25 rings (SSSR count). The summed E-state index contributed by atoms with van der Waals surface area (Å²) in [6, 6.07) is 112. The van der Waals surface area contributed by atoms with Crippen LogP contribution in [0.3, 0.4) is 0 Å². The Balaban J connectivity index is 0.0000000818. The molecular formula is C100H70. The van der Waals surface area contributed by atoms with Gasteiger partial charge in [-0.15, -0.1) is 0 Å². The lowest BCUT2D eigenvalue weighted by molar-refractivity contribution is 1.16. The molecule has 0 radical (unpaired) electrons. The first kappa shape index (κ1) is 57.4. The lowest BCUT2D eigenvalue weighted by atomic mass is 9.95. The average Bonchev–Trinajstić information content (AvgIpc) is 1.61. The van der Waals surface area contributed by atoms with E-state index in [4.69, 9.17) is 0 Å². The van der Waals surface area contributed by atoms with Gasteiger partial charge in [0.15, 0.2) is 0 Å². The first-order valence-corrected chi connectivity index (χ1v) is 36.1. The summed E-state index contributed by atoms with van der Waals surface area (Å²) < 4.78 is 0. The van der Waals surface area contributed by atoms with Gasteiger partial charge in [-0.1, -0.05) is 285 Å². The zero-order valence-electron chi connectivity index (χ0n) is 55.9. The molecule has 0 saturated carbocycles. The van der Waals surface area contributed by atoms with Crippen LogP contribution in [0, 0.1) is 0 Å². The molecule has 0 saturated heterocycles. The van der Waals surface area contributed by atoms with Crippen LogP contribution < -0.4 is 0 Å². The first-order chi connectivity index (χ1) is 49.5. The molecule has 0 heterocycles. The van der Waals surface area contributed by atoms with E-state index in [2.05, 4.69) is 303 Å². The second kappa shape index (κ2) is 23.0. The summed E-state index contributed by atoms with van der Waals surface area (Å²) in [5.74, 6) is 0. The van der Waals surface area contributed by atoms with E-state index in [-0.39, 0.29) is 0 Å². The summed E-state index contributed by atoms with van der Waals surface area (Å²) in [6.07, 6.45) is 10.9. The fourth-order valence-electron chi connectivity index (χ4n) is 19.1. The number of benzene rings is 15. The van der Waals surface area contributed by atoms with Crippen LogP contribution in [0.15, 0.2) is 303 Å². The lowest BCUT2D eigenvalue weighted by Gasteiger charge is -2.08. The van der Waals surface area contributed by atoms with Crippen LogP contribution in [0.25, 0.3) is 111 Å². The lowest BCUT2D eigenvalue weighted by Crippen LogP contribution is -1.90. The molecule has 0 nitrogen and oxygen atoms in total. The molecule has 15 aromatic carbocycles. The van der Waals surface area contributed by atoms with Crippen molar-refractivity contribution in [1.82, 2.24) is 0 Å². The fraction of sp³-hybridized carbons (Fsp3) is 0.100. The summed E-state index contributed by atoms with van der Waals surface area (Å²) in [4.78, 5) is 0. The van der Waals surface area contributed by atoms with Crippen molar-refractivity contribution in [1.29, 1.82) is 0 Å². The largest absolute Gasteiger partial charge is 0.0619 e. The van der Waals surface area contributed by atoms with Crippen LogP contribution in [0.1, 0.15) is 111 Å². The minimum atomic E-state index is 1.08. The second-order valence-electron chi connectivity index (χ2n) is 29.0. The molecule has 0 aliphatic heterocycles. The number of hydrogen-bond donors (Lipinski definition) is 0. The molecule has 0 amide bonds. The van der Waals surface area contributed by atoms with Gasteiger partial charge in [-0.3, -0.25) is 0 Å². The maximum Gasteiger partial charge on any atom is -0.000718 e. The Hall–Kier alpha value is -11.7. The monoisotopic (exact) mass is 1270 g/mol. The third-order valence-corrected chi connectivity index (χ3v) is 23.7. The summed E-state index contributed by atoms with van der Waals surface area (Å²) in [7, 11) is 0. The van der Waals surface area contributed by atoms with E-state index < -0.39 is 0 Å². The molecule has 0 spiro atoms. The van der Waals surface area contributed by atoms with Gasteiger partial charge < -0.3 is 0 Å². The third kappa shape index (κ3) is 9.20. The first-order valence-electron chi connectivity index (χ1n) is 36.1. The zero-order valence-corrected chi connectivity index (χ0v) is 55.9. The van der Waals surface area contributed by atoms with Gasteiger partial charge in [0, 0.05) is 0 Å². The molecule has 0 bridgehead atoms. The number of hydrogen-bond acceptors (Lipinski definition) is 0. The Bertz CT molecular complexity index is 5580. The molecule has 0 atom stereocenters. The highest BCUT2D eigenvalue weighted by molar-refractivity contribution is 5.93. The molecule has 0 unspecified atom stereocenters. The average molecular weight is 1270 g/mol. The van der Waals surface area contributed by atoms with E-state index in [0.29, 0.717) is 0 Å². The molecule has 470 valence electrons. The number of rotatable bonds is 0. The highest BCUT2D eigenvalue weighted by Crippen LogP contribution is 2.52. The topological polar surface area (TPSA) is 0 Å². The van der Waals surface area contributed by atoms with Gasteiger partial charge in [-0.2, -0.15) is 0 Å². The maximum atomic E-state index is 2.44. The minimum absolute atomic E-state index is 1.08. The molecule has 10 aliphatic carbocycles. The van der Waals surface area contributed by atoms with Gasteiger partial charge in [0.2, 0.25) is 0 Å². The molecule has 0 N–H and O–H groups in total. The van der Waals surface area contributed by atoms with Crippen molar-refractivity contribution in [2.24, 2.45) is 0 Å². The quantitative estimate of drug-likeness (QED) is 0.142. The zero-order chi connectivity index (χ0) is 65.5. The van der Waals surface area contributed by atoms with Gasteiger partial charge in [0.1, 0.15) is 0 Å². The summed E-state index contributed by atoms with van der Waals surface area (Å²) >= 11 is 0. The van der Waals surface area contributed by atoms with E-state index in [1.165, 1.54) is 211 Å². The predicted molar refractivity (Wildman–Crippen MR) is 415 cm³/mol. The second-order valence-corrected chi connectivity index (χ2v) is 29.0. The van der Waals surface area contributed by atoms with E-state index >= 15 is 0 Å². The SMILES string of the molecule is c1ccc2c(c1)Cc1c-2ccc2c1-c1ccccc1C2.c1ccc2c(c1)Cc1c-2ccc2c1-c1ccccc1C2.c1ccc2c(c1)Cc1c-2ccc2c1Cc1ccccc1-2.c1ccc2c(c1)Cc1cc3c(cc1-2)-c1ccccc1C3.c1ccc2c(c1)Cc1cc3c(cc1-2)Cc1ccccc1-3. The van der Waals surface area contributed by atoms with Gasteiger partial charge in [0.05, 0.1) is 0 Å². The van der Waals surface area contributed by atoms with Crippen molar-refractivity contribution in [3.63, 3.8) is 0 Å². The Morgan fingerprint density at radius 3 is 0.620 bits per heavy atom. The van der Waals surface area contributed by atoms with Crippen LogP contribution in [0.2, 0.25) is 0 Å². The standard InChI is InChI=1S/5C20H14/c2*1-3-7-16-14(6-1)12-19-18(16)10-9-15-11-13-5-2-4-8-17(13)20(15)19;1-3-7-17-13(5-1)9-15-11-20-16(12-19(15)17)10-14-6-2-4-8-18(14)20;1-3-7-17-13(5-1)9-15-11-16-10-14-6-2-4-8-18(14)20(16)12-19(15)17;1-3-7-15-13(5-1)11-19-17(15)9-10-18-16-8-4-2-6-14(16)12-20(18)19/h2*1-10H,11-12H2;2*1-8,11-12H,9-10H2;1-10H,11-12H2. The fourth-order valence-corrected chi connectivity index (χ4v) is 19.1. The van der Waals surface area contributed by atoms with Crippen molar-refractivity contribution in [2.45, 2.75) is 64.2 Å². The van der Waals surface area contributed by atoms with Gasteiger partial charge in [-0.25, -0.2) is 0 Å². The number of fused-ring (bicyclic) bond motifs is 33. The van der Waals surface area contributed by atoms with Crippen LogP contribution >= 0.6 is 0 Å². The van der Waals surface area contributed by atoms with E-state index in [0.717, 1.165) is 64.2 Å². The third-order valence-electron chi connectivity index (χ3n) is 23.7. The molecule has 0 heteroatoms. The van der Waals surface area contributed by atoms with Crippen LogP contribution in [0.4, 0.5) is 0 Å². The molecule has 10 aliphatic rings. The summed E-state index contributed by atoms with van der Waals surface area (Å²) in [6.45, 7) is 0. The van der Waals surface area contributed by atoms with Crippen LogP contribution in [-0.2, 0) is 64.2 Å². The predicted octanol–water partition coefficient (Wildman–Crippen LogP) is 24.1. The molecule has 100 heavy (non-hydrogen) atoms. The summed E-state index contributed by atoms with van der Waals surface area (Å²) in [5, 5.41) is 0. The van der Waals surface area contributed by atoms with Crippen molar-refractivity contribution in [2.75, 3.05) is 0 Å². The van der Waals surface area contributed by atoms with E-state index in [1.54, 1.807) is 11.1 Å². The van der Waals surface area contributed by atoms with Gasteiger partial charge in [-0.05, 0) is 305 Å². The highest BCUT2D eigenvalue weighted by atomic mass is 14.4. The maximum absolute atomic E-state index is 2.44. The van der Waals surface area contributed by atoms with Gasteiger partial charge in [0.25, 0.3) is 0 Å². The van der Waals surface area contributed by atoms with Gasteiger partial charge >= 0.3 is 0 Å². The Labute approximate surface area is 586 Å². The Morgan fingerprint density at radius 1 is 0.110 bits per heavy atom. The van der Waals surface area contributed by atoms with E-state index in [9.17, 15) is 0 Å². The molecule has 0 aromatic heterocycles. The normalized spacial score (nSPS) is 13.6. The Morgan fingerprint density at radius 2 is 0.310 bits per heavy atom. The Kier molecular flexibility index (Phi) is 13.2. The molecule has 15 aromatic rings. The molecular weight excluding hydrogens is 1200 g/mol. The smallest absolute Gasteiger partial charge is 0.000718 e. The summed E-state index contributed by atoms with van der Waals surface area (Å²) in [5.41, 5.74) is 58.8.